The van der Waals surface area contributed by atoms with E-state index in [1.165, 1.54) is 0 Å². The SMILES string of the molecule is C=CC[Si](C)(C)Oc1ccc(N)cc1. The lowest BCUT2D eigenvalue weighted by Crippen LogP contribution is -2.33. The standard InChI is InChI=1S/C11H17NOSi/c1-4-9-14(2,3)13-11-7-5-10(12)6-8-11/h4-8H,1,9,12H2,2-3H3. The minimum Gasteiger partial charge on any atom is -0.544 e. The number of anilines is 1. The summed E-state index contributed by atoms with van der Waals surface area (Å²) in [6, 6.07) is 8.49. The number of allylic oxidation sites excluding steroid dienone is 1. The van der Waals surface area contributed by atoms with Crippen molar-refractivity contribution in [1.29, 1.82) is 0 Å². The zero-order valence-electron chi connectivity index (χ0n) is 8.79. The Balaban J connectivity index is 2.68. The van der Waals surface area contributed by atoms with Crippen LogP contribution in [0.25, 0.3) is 0 Å². The first-order chi connectivity index (χ1) is 6.53. The van der Waals surface area contributed by atoms with E-state index in [9.17, 15) is 0 Å². The van der Waals surface area contributed by atoms with Gasteiger partial charge >= 0.3 is 0 Å². The molecule has 0 unspecified atom stereocenters. The Hall–Kier alpha value is -1.22. The van der Waals surface area contributed by atoms with E-state index in [4.69, 9.17) is 10.2 Å². The van der Waals surface area contributed by atoms with Crippen LogP contribution in [0.15, 0.2) is 36.9 Å². The maximum absolute atomic E-state index is 5.91. The Morgan fingerprint density at radius 1 is 1.36 bits per heavy atom. The van der Waals surface area contributed by atoms with Crippen LogP contribution < -0.4 is 10.2 Å². The molecule has 2 nitrogen and oxygen atoms in total. The Morgan fingerprint density at radius 3 is 2.43 bits per heavy atom. The first kappa shape index (κ1) is 10.9. The lowest BCUT2D eigenvalue weighted by Gasteiger charge is -2.22. The molecular formula is C11H17NOSi. The van der Waals surface area contributed by atoms with Crippen molar-refractivity contribution in [2.24, 2.45) is 0 Å². The predicted molar refractivity (Wildman–Crippen MR) is 64.0 cm³/mol. The summed E-state index contributed by atoms with van der Waals surface area (Å²) in [5.74, 6) is 0.901. The zero-order valence-corrected chi connectivity index (χ0v) is 9.79. The highest BCUT2D eigenvalue weighted by Gasteiger charge is 2.22. The first-order valence-corrected chi connectivity index (χ1v) is 7.80. The van der Waals surface area contributed by atoms with Crippen LogP contribution in [0, 0.1) is 0 Å². The molecule has 0 bridgehead atoms. The molecule has 14 heavy (non-hydrogen) atoms. The molecule has 0 fully saturated rings. The van der Waals surface area contributed by atoms with Crippen molar-refractivity contribution in [2.75, 3.05) is 5.73 Å². The molecule has 0 saturated carbocycles. The van der Waals surface area contributed by atoms with E-state index in [0.717, 1.165) is 17.5 Å². The van der Waals surface area contributed by atoms with Gasteiger partial charge in [0.1, 0.15) is 5.75 Å². The van der Waals surface area contributed by atoms with Crippen molar-refractivity contribution in [3.63, 3.8) is 0 Å². The van der Waals surface area contributed by atoms with Gasteiger partial charge in [-0.25, -0.2) is 0 Å². The second-order valence-electron chi connectivity index (χ2n) is 3.92. The van der Waals surface area contributed by atoms with Gasteiger partial charge in [-0.05, 0) is 43.4 Å². The van der Waals surface area contributed by atoms with E-state index >= 15 is 0 Å². The van der Waals surface area contributed by atoms with Crippen LogP contribution >= 0.6 is 0 Å². The maximum atomic E-state index is 5.91. The fourth-order valence-electron chi connectivity index (χ4n) is 1.24. The molecule has 76 valence electrons. The second-order valence-corrected chi connectivity index (χ2v) is 8.06. The third-order valence-electron chi connectivity index (χ3n) is 1.91. The fraction of sp³-hybridized carbons (Fsp3) is 0.273. The van der Waals surface area contributed by atoms with Crippen molar-refractivity contribution in [1.82, 2.24) is 0 Å². The van der Waals surface area contributed by atoms with E-state index in [2.05, 4.69) is 19.7 Å². The number of hydrogen-bond acceptors (Lipinski definition) is 2. The van der Waals surface area contributed by atoms with Crippen LogP contribution in [0.4, 0.5) is 5.69 Å². The summed E-state index contributed by atoms with van der Waals surface area (Å²) in [5, 5.41) is 0. The number of benzene rings is 1. The number of nitrogen functional groups attached to an aromatic ring is 1. The predicted octanol–water partition coefficient (Wildman–Crippen LogP) is 3.04. The van der Waals surface area contributed by atoms with Gasteiger partial charge in [-0.3, -0.25) is 0 Å². The van der Waals surface area contributed by atoms with Crippen LogP contribution in [-0.4, -0.2) is 8.32 Å². The summed E-state index contributed by atoms with van der Waals surface area (Å²) in [4.78, 5) is 0. The van der Waals surface area contributed by atoms with Gasteiger partial charge in [0, 0.05) is 5.69 Å². The van der Waals surface area contributed by atoms with Crippen molar-refractivity contribution in [2.45, 2.75) is 19.1 Å². The molecule has 0 aliphatic carbocycles. The molecule has 0 aromatic heterocycles. The Morgan fingerprint density at radius 2 is 1.93 bits per heavy atom. The van der Waals surface area contributed by atoms with Crippen molar-refractivity contribution in [3.05, 3.63) is 36.9 Å². The van der Waals surface area contributed by atoms with Gasteiger partial charge in [0.2, 0.25) is 8.32 Å². The molecule has 0 spiro atoms. The van der Waals surface area contributed by atoms with Gasteiger partial charge in [0.05, 0.1) is 0 Å². The highest BCUT2D eigenvalue weighted by molar-refractivity contribution is 6.72. The normalized spacial score (nSPS) is 11.0. The largest absolute Gasteiger partial charge is 0.544 e. The first-order valence-electron chi connectivity index (χ1n) is 4.69. The van der Waals surface area contributed by atoms with Gasteiger partial charge in [0.25, 0.3) is 0 Å². The van der Waals surface area contributed by atoms with Crippen LogP contribution in [-0.2, 0) is 0 Å². The molecule has 1 aromatic carbocycles. The second kappa shape index (κ2) is 4.33. The van der Waals surface area contributed by atoms with E-state index in [-0.39, 0.29) is 0 Å². The number of nitrogens with two attached hydrogens (primary N) is 1. The summed E-state index contributed by atoms with van der Waals surface area (Å²) in [6.45, 7) is 8.08. The lowest BCUT2D eigenvalue weighted by molar-refractivity contribution is 0.552. The molecule has 1 aromatic rings. The third kappa shape index (κ3) is 3.26. The fourth-order valence-corrected chi connectivity index (χ4v) is 2.80. The Bertz CT molecular complexity index is 306. The third-order valence-corrected chi connectivity index (χ3v) is 3.97. The molecule has 0 heterocycles. The molecule has 0 atom stereocenters. The monoisotopic (exact) mass is 207 g/mol. The molecule has 3 heteroatoms. The van der Waals surface area contributed by atoms with E-state index in [1.807, 2.05) is 30.3 Å². The molecule has 2 N–H and O–H groups in total. The highest BCUT2D eigenvalue weighted by atomic mass is 28.4. The summed E-state index contributed by atoms with van der Waals surface area (Å²) in [7, 11) is -1.62. The summed E-state index contributed by atoms with van der Waals surface area (Å²) >= 11 is 0. The molecular weight excluding hydrogens is 190 g/mol. The van der Waals surface area contributed by atoms with Gasteiger partial charge in [-0.2, -0.15) is 0 Å². The van der Waals surface area contributed by atoms with Crippen LogP contribution in [0.1, 0.15) is 0 Å². The number of hydrogen-bond donors (Lipinski definition) is 1. The molecule has 0 aliphatic rings. The minimum absolute atomic E-state index is 0.764. The van der Waals surface area contributed by atoms with Gasteiger partial charge in [0.15, 0.2) is 0 Å². The van der Waals surface area contributed by atoms with Crippen LogP contribution in [0.5, 0.6) is 5.75 Å². The average molecular weight is 207 g/mol. The van der Waals surface area contributed by atoms with E-state index < -0.39 is 8.32 Å². The molecule has 1 rings (SSSR count). The summed E-state index contributed by atoms with van der Waals surface area (Å²) in [6.07, 6.45) is 1.92. The van der Waals surface area contributed by atoms with Crippen molar-refractivity contribution >= 4 is 14.0 Å². The number of rotatable bonds is 4. The van der Waals surface area contributed by atoms with Gasteiger partial charge < -0.3 is 10.2 Å². The van der Waals surface area contributed by atoms with E-state index in [0.29, 0.717) is 0 Å². The van der Waals surface area contributed by atoms with Crippen molar-refractivity contribution in [3.8, 4) is 5.75 Å². The van der Waals surface area contributed by atoms with E-state index in [1.54, 1.807) is 0 Å². The Labute approximate surface area is 86.5 Å². The van der Waals surface area contributed by atoms with Crippen LogP contribution in [0.3, 0.4) is 0 Å². The molecule has 0 saturated heterocycles. The van der Waals surface area contributed by atoms with Crippen LogP contribution in [0.2, 0.25) is 19.1 Å². The lowest BCUT2D eigenvalue weighted by atomic mass is 10.3. The quantitative estimate of drug-likeness (QED) is 0.468. The highest BCUT2D eigenvalue weighted by Crippen LogP contribution is 2.20. The minimum atomic E-state index is -1.62. The van der Waals surface area contributed by atoms with Gasteiger partial charge in [-0.15, -0.1) is 6.58 Å². The average Bonchev–Trinajstić information content (AvgIpc) is 2.08. The van der Waals surface area contributed by atoms with Gasteiger partial charge in [-0.1, -0.05) is 6.08 Å². The van der Waals surface area contributed by atoms with Crippen molar-refractivity contribution < 1.29 is 4.43 Å². The zero-order chi connectivity index (χ0) is 10.6. The summed E-state index contributed by atoms with van der Waals surface area (Å²) < 4.78 is 5.91. The molecule has 0 radical (unpaired) electrons. The Kier molecular flexibility index (Phi) is 3.36. The molecule has 0 aliphatic heterocycles. The topological polar surface area (TPSA) is 35.2 Å². The maximum Gasteiger partial charge on any atom is 0.248 e. The smallest absolute Gasteiger partial charge is 0.248 e. The molecule has 0 amide bonds. The summed E-state index contributed by atoms with van der Waals surface area (Å²) in [5.41, 5.74) is 6.35.